The average Bonchev–Trinajstić information content (AvgIpc) is 0.763. The van der Waals surface area contributed by atoms with E-state index in [1.54, 1.807) is 0 Å². The third-order valence-electron chi connectivity index (χ3n) is 19.4. The molecule has 0 saturated carbocycles. The van der Waals surface area contributed by atoms with Crippen molar-refractivity contribution in [2.75, 3.05) is 39.6 Å². The first-order chi connectivity index (χ1) is 48.6. The number of hydrogen-bond acceptors (Lipinski definition) is 43. The summed E-state index contributed by atoms with van der Waals surface area (Å²) in [5, 5.41) is 269. The van der Waals surface area contributed by atoms with E-state index in [1.807, 2.05) is 0 Å². The number of aliphatic hydroxyl groups excluding tert-OH is 24. The van der Waals surface area contributed by atoms with Crippen LogP contribution in [0, 0.1) is 0 Å². The Morgan fingerprint density at radius 2 is 0.583 bits per heavy atom. The van der Waals surface area contributed by atoms with Crippen LogP contribution in [0.2, 0.25) is 0 Å². The highest BCUT2D eigenvalue weighted by Crippen LogP contribution is 2.41. The summed E-state index contributed by atoms with van der Waals surface area (Å²) in [4.78, 5) is 26.9. The van der Waals surface area contributed by atoms with Gasteiger partial charge in [0.05, 0.1) is 58.0 Å². The molecule has 0 aromatic heterocycles. The molecule has 598 valence electrons. The maximum absolute atomic E-state index is 13.6. The number of carbonyl (C=O) groups excluding carboxylic acids is 2. The Bertz CT molecular complexity index is 2660. The van der Waals surface area contributed by atoms with E-state index in [-0.39, 0.29) is 0 Å². The molecule has 0 aromatic rings. The van der Waals surface area contributed by atoms with Crippen LogP contribution in [0.3, 0.4) is 0 Å². The van der Waals surface area contributed by atoms with Crippen molar-refractivity contribution in [3.63, 3.8) is 0 Å². The molecule has 0 bridgehead atoms. The van der Waals surface area contributed by atoms with Crippen molar-refractivity contribution in [3.8, 4) is 0 Å². The van der Waals surface area contributed by atoms with Gasteiger partial charge in [0.15, 0.2) is 56.6 Å². The molecule has 0 radical (unpaired) electrons. The van der Waals surface area contributed by atoms with Gasteiger partial charge < -0.3 is 214 Å². The third-order valence-corrected chi connectivity index (χ3v) is 19.4. The molecule has 45 atom stereocenters. The van der Waals surface area contributed by atoms with Gasteiger partial charge in [-0.2, -0.15) is 0 Å². The Morgan fingerprint density at radius 1 is 0.272 bits per heavy atom. The minimum atomic E-state index is -2.48. The van der Waals surface area contributed by atoms with Crippen LogP contribution >= 0.6 is 0 Å². The Balaban J connectivity index is 1.09. The summed E-state index contributed by atoms with van der Waals surface area (Å²) in [5.41, 5.74) is 0. The van der Waals surface area contributed by atoms with Gasteiger partial charge in [0.25, 0.3) is 0 Å². The molecule has 9 saturated heterocycles. The van der Waals surface area contributed by atoms with Crippen LogP contribution in [0.4, 0.5) is 0 Å². The van der Waals surface area contributed by atoms with Crippen LogP contribution in [-0.2, 0) is 90.1 Å². The van der Waals surface area contributed by atoms with Gasteiger partial charge in [0.2, 0.25) is 11.8 Å². The smallest absolute Gasteiger partial charge is 0.217 e. The Labute approximate surface area is 584 Å². The normalized spacial score (nSPS) is 52.3. The van der Waals surface area contributed by atoms with E-state index in [4.69, 9.17) is 80.5 Å². The van der Waals surface area contributed by atoms with Gasteiger partial charge in [0.1, 0.15) is 201 Å². The van der Waals surface area contributed by atoms with Gasteiger partial charge in [-0.15, -0.1) is 0 Å². The molecule has 9 fully saturated rings. The molecular weight excluding hydrogens is 1410 g/mol. The van der Waals surface area contributed by atoms with Crippen LogP contribution in [0.1, 0.15) is 34.6 Å². The molecule has 45 nitrogen and oxygen atoms in total. The van der Waals surface area contributed by atoms with Crippen molar-refractivity contribution in [1.82, 2.24) is 10.6 Å². The van der Waals surface area contributed by atoms with E-state index < -0.39 is 328 Å². The van der Waals surface area contributed by atoms with Gasteiger partial charge in [0, 0.05) is 13.8 Å². The summed E-state index contributed by atoms with van der Waals surface area (Å²) in [6.45, 7) is -0.946. The maximum atomic E-state index is 13.6. The van der Waals surface area contributed by atoms with Gasteiger partial charge >= 0.3 is 0 Å². The molecule has 9 aliphatic rings. The summed E-state index contributed by atoms with van der Waals surface area (Å²) in [5.74, 6) is -1.95. The van der Waals surface area contributed by atoms with Crippen molar-refractivity contribution in [3.05, 3.63) is 0 Å². The van der Waals surface area contributed by atoms with Crippen LogP contribution in [0.15, 0.2) is 0 Å². The summed E-state index contributed by atoms with van der Waals surface area (Å²) >= 11 is 0. The number of nitrogens with one attached hydrogen (secondary N) is 2. The molecule has 2 unspecified atom stereocenters. The van der Waals surface area contributed by atoms with E-state index in [2.05, 4.69) is 10.6 Å². The van der Waals surface area contributed by atoms with Crippen LogP contribution in [0.5, 0.6) is 0 Å². The maximum Gasteiger partial charge on any atom is 0.217 e. The lowest BCUT2D eigenvalue weighted by atomic mass is 9.93. The fourth-order valence-electron chi connectivity index (χ4n) is 13.5. The summed E-state index contributed by atoms with van der Waals surface area (Å²) in [6.07, 6.45) is -86.1. The zero-order valence-corrected chi connectivity index (χ0v) is 55.7. The van der Waals surface area contributed by atoms with E-state index >= 15 is 0 Å². The van der Waals surface area contributed by atoms with E-state index in [1.165, 1.54) is 20.8 Å². The highest BCUT2D eigenvalue weighted by Gasteiger charge is 2.61. The second-order valence-corrected chi connectivity index (χ2v) is 26.6. The molecule has 9 rings (SSSR count). The molecule has 2 amide bonds. The zero-order chi connectivity index (χ0) is 75.8. The molecule has 26 N–H and O–H groups in total. The Morgan fingerprint density at radius 3 is 1.03 bits per heavy atom. The Hall–Kier alpha value is -2.70. The molecule has 9 heterocycles. The summed E-state index contributed by atoms with van der Waals surface area (Å²) < 4.78 is 102. The number of amides is 2. The van der Waals surface area contributed by atoms with E-state index in [0.29, 0.717) is 0 Å². The van der Waals surface area contributed by atoms with Gasteiger partial charge in [-0.05, 0) is 20.8 Å². The number of ether oxygens (including phenoxy) is 17. The molecular formula is C58H98N2O43. The van der Waals surface area contributed by atoms with Crippen LogP contribution < -0.4 is 10.6 Å². The lowest BCUT2D eigenvalue weighted by Gasteiger charge is -2.52. The number of hydrogen-bond donors (Lipinski definition) is 26. The minimum Gasteiger partial charge on any atom is -0.394 e. The van der Waals surface area contributed by atoms with Crippen molar-refractivity contribution in [2.24, 2.45) is 0 Å². The van der Waals surface area contributed by atoms with E-state index in [0.717, 1.165) is 13.8 Å². The predicted molar refractivity (Wildman–Crippen MR) is 316 cm³/mol. The second-order valence-electron chi connectivity index (χ2n) is 26.6. The molecule has 0 spiro atoms. The third kappa shape index (κ3) is 18.0. The van der Waals surface area contributed by atoms with Gasteiger partial charge in [-0.3, -0.25) is 9.59 Å². The van der Waals surface area contributed by atoms with Crippen molar-refractivity contribution in [2.45, 2.75) is 311 Å². The second kappa shape index (κ2) is 36.0. The first-order valence-corrected chi connectivity index (χ1v) is 33.2. The number of rotatable bonds is 24. The monoisotopic (exact) mass is 1510 g/mol. The molecule has 0 aliphatic carbocycles. The Kier molecular flexibility index (Phi) is 29.5. The molecule has 0 aromatic carbocycles. The number of aliphatic hydroxyl groups is 24. The van der Waals surface area contributed by atoms with Crippen molar-refractivity contribution >= 4 is 11.8 Å². The zero-order valence-electron chi connectivity index (χ0n) is 55.7. The largest absolute Gasteiger partial charge is 0.394 e. The summed E-state index contributed by atoms with van der Waals surface area (Å²) in [7, 11) is 0. The fourth-order valence-corrected chi connectivity index (χ4v) is 13.5. The highest BCUT2D eigenvalue weighted by molar-refractivity contribution is 5.73. The first kappa shape index (κ1) is 84.3. The fraction of sp³-hybridized carbons (Fsp3) is 0.966. The standard InChI is InChI=1S/C58H98N2O43/c1-12-25(68)31(74)38(81)53(88-12)100-46-23(59-15(4)66)51(94-20(9-64)44(46)98-56-41(84)34(77)28(71)17(6-61)92-56)87-11-22-30(73)48(42(85)57(96-22)97-43-19(8-63)91-50(86)37(80)36(43)79)102-52-24(60-16(5)67)47(101-54-39(82)32(75)26(69)13(2)89-54)45(21(10-65)95-52)99-58-49(35(78)29(72)18(7-62)93-58)103-55-40(83)33(76)27(70)14(3)90-55/h12-14,17-58,61-65,68-86H,6-11H2,1-5H3,(H,59,66)(H,60,67)/t12-,13-,14-,17+,18+,19+,20+,21+,22+,23+,24+,25+,26+,27+,28-,29-,30-,31+,32+,33+,34-,35-,36+,37+,38-,39-,40-,41+,42+,43+,44+,45+,46+,47+,48-,49+,50?,51+,52-,53-,54-,55-,56?,57-,58-/m0/s1. The van der Waals surface area contributed by atoms with Crippen LogP contribution in [0.25, 0.3) is 0 Å². The quantitative estimate of drug-likeness (QED) is 0.0427. The minimum absolute atomic E-state index is 0.923. The van der Waals surface area contributed by atoms with Crippen molar-refractivity contribution < 1.29 is 213 Å². The predicted octanol–water partition coefficient (Wildman–Crippen LogP) is -17.3. The lowest BCUT2D eigenvalue weighted by molar-refractivity contribution is -0.402. The van der Waals surface area contributed by atoms with Gasteiger partial charge in [-0.1, -0.05) is 0 Å². The highest BCUT2D eigenvalue weighted by atomic mass is 16.8. The first-order valence-electron chi connectivity index (χ1n) is 33.2. The van der Waals surface area contributed by atoms with E-state index in [9.17, 15) is 132 Å². The number of carbonyl (C=O) groups is 2. The molecule has 103 heavy (non-hydrogen) atoms. The van der Waals surface area contributed by atoms with Crippen molar-refractivity contribution in [1.29, 1.82) is 0 Å². The molecule has 9 aliphatic heterocycles. The lowest BCUT2D eigenvalue weighted by Crippen LogP contribution is -2.71. The average molecular weight is 1510 g/mol. The SMILES string of the molecule is CC(=O)N[C@H]1[C@H](OC[C@H]2O[C@@H](O[C@H]3[C@H](O)[C@@H](O)C(O)O[C@@H]3CO)[C@H](O)[C@@H](O[C@@H]3O[C@H](CO)[C@@H](O[C@@H]4O[C@H](CO)[C@H](O)[C@H](O)[C@H]4O[C@@H]4O[C@@H](C)[C@@H](O)[C@@H](O)[C@@H]4O)[C@H](O[C@@H]4O[C@@H](C)[C@@H](O)[C@@H](O)[C@@H]4O)[C@H]3NC(C)=O)[C@H]2O)O[C@H](CO)[C@@H](OC2O[C@H](CO)[C@H](O)[C@H](O)[C@H]2O)[C@@H]1O[C@@H]1O[C@@H](C)[C@@H](O)[C@@H](O)[C@@H]1O. The topological polar surface area (TPSA) is 701 Å². The van der Waals surface area contributed by atoms with Gasteiger partial charge in [-0.25, -0.2) is 0 Å². The van der Waals surface area contributed by atoms with Crippen LogP contribution in [-0.4, -0.2) is 450 Å². The molecule has 45 heteroatoms. The summed E-state index contributed by atoms with van der Waals surface area (Å²) in [6, 6.07) is -3.94.